The molecule has 2 aromatic heterocycles. The first-order valence-electron chi connectivity index (χ1n) is 13.3. The smallest absolute Gasteiger partial charge is 0.335 e. The van der Waals surface area contributed by atoms with Gasteiger partial charge < -0.3 is 24.5 Å². The minimum Gasteiger partial charge on any atom is -0.478 e. The number of nitrogens with one attached hydrogen (secondary N) is 1. The number of fused-ring (bicyclic) bond motifs is 1. The lowest BCUT2D eigenvalue weighted by Crippen LogP contribution is -2.33. The number of likely N-dealkylation sites (tertiary alicyclic amines) is 1. The fourth-order valence-corrected chi connectivity index (χ4v) is 5.29. The summed E-state index contributed by atoms with van der Waals surface area (Å²) in [5.41, 5.74) is 2.26. The lowest BCUT2D eigenvalue weighted by molar-refractivity contribution is -0.0591. The van der Waals surface area contributed by atoms with Gasteiger partial charge in [0.25, 0.3) is 0 Å². The third-order valence-corrected chi connectivity index (χ3v) is 7.59. The SMILES string of the molecule is O=C(O)c1ccc2nc(CN3CCC(Nc4cccc(OCc5ccc(Cl)cc5F)n4)C3)n(CC3CCO3)c2c1. The highest BCUT2D eigenvalue weighted by atomic mass is 35.5. The molecule has 2 atom stereocenters. The Morgan fingerprint density at radius 1 is 1.18 bits per heavy atom. The monoisotopic (exact) mass is 565 g/mol. The zero-order chi connectivity index (χ0) is 27.6. The Morgan fingerprint density at radius 3 is 2.83 bits per heavy atom. The highest BCUT2D eigenvalue weighted by molar-refractivity contribution is 6.30. The maximum Gasteiger partial charge on any atom is 0.335 e. The highest BCUT2D eigenvalue weighted by Gasteiger charge is 2.27. The zero-order valence-electron chi connectivity index (χ0n) is 21.7. The van der Waals surface area contributed by atoms with Crippen molar-refractivity contribution in [2.75, 3.05) is 25.0 Å². The first kappa shape index (κ1) is 26.5. The van der Waals surface area contributed by atoms with Gasteiger partial charge in [-0.2, -0.15) is 4.98 Å². The number of hydrogen-bond donors (Lipinski definition) is 2. The molecule has 208 valence electrons. The molecule has 4 heterocycles. The number of carbonyl (C=O) groups is 1. The van der Waals surface area contributed by atoms with E-state index in [9.17, 15) is 14.3 Å². The summed E-state index contributed by atoms with van der Waals surface area (Å²) in [7, 11) is 0. The molecule has 2 fully saturated rings. The van der Waals surface area contributed by atoms with Crippen LogP contribution >= 0.6 is 11.6 Å². The summed E-state index contributed by atoms with van der Waals surface area (Å²) in [5, 5.41) is 13.3. The fourth-order valence-electron chi connectivity index (χ4n) is 5.13. The molecule has 0 saturated carbocycles. The van der Waals surface area contributed by atoms with Gasteiger partial charge in [-0.1, -0.05) is 23.7 Å². The third-order valence-electron chi connectivity index (χ3n) is 7.36. The number of carboxylic acid groups (broad SMARTS) is 1. The van der Waals surface area contributed by atoms with E-state index in [1.165, 1.54) is 6.07 Å². The van der Waals surface area contributed by atoms with E-state index in [1.54, 1.807) is 36.4 Å². The van der Waals surface area contributed by atoms with Crippen LogP contribution in [0.3, 0.4) is 0 Å². The molecule has 11 heteroatoms. The maximum absolute atomic E-state index is 14.1. The Hall–Kier alpha value is -3.73. The molecule has 0 amide bonds. The topological polar surface area (TPSA) is 102 Å². The van der Waals surface area contributed by atoms with E-state index in [-0.39, 0.29) is 24.3 Å². The first-order valence-corrected chi connectivity index (χ1v) is 13.7. The number of aromatic nitrogens is 3. The number of nitrogens with zero attached hydrogens (tertiary/aromatic N) is 4. The van der Waals surface area contributed by atoms with Crippen molar-refractivity contribution >= 4 is 34.4 Å². The number of benzene rings is 2. The average Bonchev–Trinajstić information content (AvgIpc) is 3.49. The number of imidazole rings is 1. The lowest BCUT2D eigenvalue weighted by atomic mass is 10.1. The summed E-state index contributed by atoms with van der Waals surface area (Å²) in [6.45, 7) is 3.79. The van der Waals surface area contributed by atoms with Gasteiger partial charge >= 0.3 is 5.97 Å². The first-order chi connectivity index (χ1) is 19.4. The highest BCUT2D eigenvalue weighted by Crippen LogP contribution is 2.25. The van der Waals surface area contributed by atoms with E-state index in [0.29, 0.717) is 35.4 Å². The number of hydrogen-bond acceptors (Lipinski definition) is 7. The van der Waals surface area contributed by atoms with Crippen LogP contribution in [0.5, 0.6) is 5.88 Å². The predicted molar refractivity (Wildman–Crippen MR) is 148 cm³/mol. The second kappa shape index (κ2) is 11.4. The second-order valence-electron chi connectivity index (χ2n) is 10.2. The molecule has 0 spiro atoms. The lowest BCUT2D eigenvalue weighted by Gasteiger charge is -2.28. The predicted octanol–water partition coefficient (Wildman–Crippen LogP) is 4.98. The van der Waals surface area contributed by atoms with Gasteiger partial charge in [-0.15, -0.1) is 0 Å². The van der Waals surface area contributed by atoms with Crippen LogP contribution < -0.4 is 10.1 Å². The Kier molecular flexibility index (Phi) is 7.55. The van der Waals surface area contributed by atoms with Crippen LogP contribution in [0.25, 0.3) is 11.0 Å². The standard InChI is InChI=1S/C29H29ClFN5O4/c30-20-6-4-19(23(31)13-20)17-40-28-3-1-2-26(34-28)32-21-8-10-35(14-21)16-27-33-24-7-5-18(29(37)38)12-25(24)36(27)15-22-9-11-39-22/h1-7,12-13,21-22H,8-11,14-17H2,(H,32,34)(H,37,38). The van der Waals surface area contributed by atoms with E-state index in [4.69, 9.17) is 26.1 Å². The van der Waals surface area contributed by atoms with E-state index < -0.39 is 11.8 Å². The van der Waals surface area contributed by atoms with Crippen molar-refractivity contribution in [1.82, 2.24) is 19.4 Å². The van der Waals surface area contributed by atoms with Crippen molar-refractivity contribution in [3.63, 3.8) is 0 Å². The molecule has 2 aliphatic rings. The van der Waals surface area contributed by atoms with Gasteiger partial charge in [-0.05, 0) is 49.2 Å². The Labute approximate surface area is 235 Å². The Balaban J connectivity index is 1.10. The number of carboxylic acids is 1. The number of pyridine rings is 1. The van der Waals surface area contributed by atoms with Crippen molar-refractivity contribution in [2.45, 2.75) is 44.7 Å². The van der Waals surface area contributed by atoms with Gasteiger partial charge in [-0.25, -0.2) is 14.2 Å². The molecule has 4 aromatic rings. The Morgan fingerprint density at radius 2 is 2.05 bits per heavy atom. The molecular formula is C29H29ClFN5O4. The van der Waals surface area contributed by atoms with Crippen molar-refractivity contribution in [3.05, 3.63) is 82.4 Å². The number of halogens is 2. The van der Waals surface area contributed by atoms with Crippen LogP contribution in [-0.2, 0) is 24.4 Å². The van der Waals surface area contributed by atoms with Gasteiger partial charge in [0, 0.05) is 42.4 Å². The fraction of sp³-hybridized carbons (Fsp3) is 0.345. The van der Waals surface area contributed by atoms with Crippen LogP contribution in [0.1, 0.15) is 34.6 Å². The summed E-state index contributed by atoms with van der Waals surface area (Å²) >= 11 is 5.83. The molecule has 0 aliphatic carbocycles. The van der Waals surface area contributed by atoms with Crippen molar-refractivity contribution in [2.24, 2.45) is 0 Å². The molecule has 0 bridgehead atoms. The van der Waals surface area contributed by atoms with E-state index in [0.717, 1.165) is 49.4 Å². The van der Waals surface area contributed by atoms with Crippen LogP contribution in [0.4, 0.5) is 10.2 Å². The molecular weight excluding hydrogens is 537 g/mol. The third kappa shape index (κ3) is 5.89. The van der Waals surface area contributed by atoms with Crippen LogP contribution in [-0.4, -0.2) is 62.4 Å². The molecule has 2 saturated heterocycles. The van der Waals surface area contributed by atoms with Crippen LogP contribution in [0.2, 0.25) is 5.02 Å². The van der Waals surface area contributed by atoms with E-state index in [2.05, 4.69) is 19.8 Å². The minimum absolute atomic E-state index is 0.0531. The van der Waals surface area contributed by atoms with Crippen molar-refractivity contribution < 1.29 is 23.8 Å². The van der Waals surface area contributed by atoms with Gasteiger partial charge in [0.15, 0.2) is 0 Å². The second-order valence-corrected chi connectivity index (χ2v) is 10.6. The van der Waals surface area contributed by atoms with Gasteiger partial charge in [0.2, 0.25) is 5.88 Å². The molecule has 6 rings (SSSR count). The van der Waals surface area contributed by atoms with Crippen LogP contribution in [0, 0.1) is 5.82 Å². The minimum atomic E-state index is -0.954. The van der Waals surface area contributed by atoms with Gasteiger partial charge in [0.05, 0.1) is 35.8 Å². The molecule has 2 N–H and O–H groups in total. The Bertz CT molecular complexity index is 1540. The van der Waals surface area contributed by atoms with E-state index in [1.807, 2.05) is 12.1 Å². The number of rotatable bonds is 10. The summed E-state index contributed by atoms with van der Waals surface area (Å²) in [4.78, 5) is 23.3. The van der Waals surface area contributed by atoms with Gasteiger partial charge in [0.1, 0.15) is 24.1 Å². The summed E-state index contributed by atoms with van der Waals surface area (Å²) in [6, 6.07) is 15.2. The normalized spacial score (nSPS) is 19.1. The maximum atomic E-state index is 14.1. The largest absolute Gasteiger partial charge is 0.478 e. The number of anilines is 1. The zero-order valence-corrected chi connectivity index (χ0v) is 22.5. The van der Waals surface area contributed by atoms with Crippen molar-refractivity contribution in [3.8, 4) is 5.88 Å². The van der Waals surface area contributed by atoms with Crippen molar-refractivity contribution in [1.29, 1.82) is 0 Å². The molecule has 2 aliphatic heterocycles. The number of aromatic carboxylic acids is 1. The molecule has 2 aromatic carbocycles. The van der Waals surface area contributed by atoms with Gasteiger partial charge in [-0.3, -0.25) is 4.90 Å². The summed E-state index contributed by atoms with van der Waals surface area (Å²) in [6.07, 6.45) is 2.03. The summed E-state index contributed by atoms with van der Waals surface area (Å²) in [5.74, 6) is 0.628. The van der Waals surface area contributed by atoms with Crippen LogP contribution in [0.15, 0.2) is 54.6 Å². The number of ether oxygens (including phenoxy) is 2. The quantitative estimate of drug-likeness (QED) is 0.278. The van der Waals surface area contributed by atoms with E-state index >= 15 is 0 Å². The summed E-state index contributed by atoms with van der Waals surface area (Å²) < 4.78 is 27.6. The molecule has 2 unspecified atom stereocenters. The molecule has 0 radical (unpaired) electrons. The molecule has 9 nitrogen and oxygen atoms in total. The molecule has 40 heavy (non-hydrogen) atoms. The average molecular weight is 566 g/mol.